The third-order valence-electron chi connectivity index (χ3n) is 3.65. The summed E-state index contributed by atoms with van der Waals surface area (Å²) < 4.78 is 40.0. The largest absolute Gasteiger partial charge is 0.245 e. The molecule has 6 heteroatoms. The summed E-state index contributed by atoms with van der Waals surface area (Å²) in [6, 6.07) is 4.01. The van der Waals surface area contributed by atoms with Gasteiger partial charge in [0.2, 0.25) is 10.0 Å². The molecule has 0 unspecified atom stereocenters. The van der Waals surface area contributed by atoms with Crippen LogP contribution in [0.25, 0.3) is 0 Å². The van der Waals surface area contributed by atoms with Gasteiger partial charge >= 0.3 is 0 Å². The fraction of sp³-hybridized carbons (Fsp3) is 0.538. The first-order chi connectivity index (χ1) is 8.96. The maximum absolute atomic E-state index is 13.9. The minimum atomic E-state index is -3.76. The molecule has 1 aromatic rings. The van der Waals surface area contributed by atoms with Crippen LogP contribution in [0.2, 0.25) is 0 Å². The van der Waals surface area contributed by atoms with Crippen LogP contribution in [-0.4, -0.2) is 25.8 Å². The molecule has 0 amide bonds. The highest BCUT2D eigenvalue weighted by atomic mass is 35.5. The molecule has 3 nitrogen and oxygen atoms in total. The number of nitrogens with zero attached hydrogens (tertiary/aromatic N) is 1. The molecule has 0 saturated heterocycles. The Kier molecular flexibility index (Phi) is 4.48. The summed E-state index contributed by atoms with van der Waals surface area (Å²) in [5.74, 6) is -0.571. The molecule has 1 fully saturated rings. The van der Waals surface area contributed by atoms with Gasteiger partial charge in [-0.3, -0.25) is 0 Å². The van der Waals surface area contributed by atoms with Gasteiger partial charge < -0.3 is 0 Å². The lowest BCUT2D eigenvalue weighted by molar-refractivity contribution is 0.370. The van der Waals surface area contributed by atoms with Gasteiger partial charge in [0.15, 0.2) is 0 Å². The monoisotopic (exact) mass is 305 g/mol. The molecular weight excluding hydrogens is 289 g/mol. The van der Waals surface area contributed by atoms with Gasteiger partial charge in [-0.05, 0) is 30.5 Å². The molecule has 0 aromatic heterocycles. The van der Waals surface area contributed by atoms with E-state index in [9.17, 15) is 12.8 Å². The third-order valence-corrected chi connectivity index (χ3v) is 5.90. The zero-order valence-corrected chi connectivity index (χ0v) is 12.3. The number of hydrogen-bond acceptors (Lipinski definition) is 2. The number of sulfonamides is 1. The average molecular weight is 306 g/mol. The van der Waals surface area contributed by atoms with Crippen molar-refractivity contribution in [2.75, 3.05) is 7.05 Å². The molecule has 1 saturated carbocycles. The van der Waals surface area contributed by atoms with Crippen molar-refractivity contribution < 1.29 is 12.8 Å². The maximum Gasteiger partial charge on any atom is 0.245 e. The van der Waals surface area contributed by atoms with Gasteiger partial charge in [0.25, 0.3) is 0 Å². The Hall–Kier alpha value is -0.650. The molecule has 0 bridgehead atoms. The van der Waals surface area contributed by atoms with Gasteiger partial charge in [-0.25, -0.2) is 12.8 Å². The Morgan fingerprint density at radius 3 is 2.53 bits per heavy atom. The van der Waals surface area contributed by atoms with Crippen molar-refractivity contribution in [3.63, 3.8) is 0 Å². The van der Waals surface area contributed by atoms with E-state index in [0.29, 0.717) is 5.56 Å². The van der Waals surface area contributed by atoms with Crippen LogP contribution in [-0.2, 0) is 15.9 Å². The molecule has 0 spiro atoms. The van der Waals surface area contributed by atoms with E-state index in [0.717, 1.165) is 25.7 Å². The number of rotatable bonds is 4. The Bertz CT molecular complexity index is 556. The van der Waals surface area contributed by atoms with Crippen molar-refractivity contribution in [2.45, 2.75) is 42.5 Å². The van der Waals surface area contributed by atoms with Crippen LogP contribution in [0.3, 0.4) is 0 Å². The molecule has 19 heavy (non-hydrogen) atoms. The van der Waals surface area contributed by atoms with Gasteiger partial charge in [0.1, 0.15) is 10.7 Å². The summed E-state index contributed by atoms with van der Waals surface area (Å²) >= 11 is 5.61. The second-order valence-corrected chi connectivity index (χ2v) is 7.09. The number of hydrogen-bond donors (Lipinski definition) is 0. The second-order valence-electron chi connectivity index (χ2n) is 4.86. The summed E-state index contributed by atoms with van der Waals surface area (Å²) in [4.78, 5) is -0.268. The van der Waals surface area contributed by atoms with E-state index in [4.69, 9.17) is 11.6 Å². The summed E-state index contributed by atoms with van der Waals surface area (Å²) in [7, 11) is -2.23. The SMILES string of the molecule is CN(C1CCCC1)S(=O)(=O)c1ccc(CCl)cc1F. The van der Waals surface area contributed by atoms with E-state index in [-0.39, 0.29) is 16.8 Å². The molecule has 1 aliphatic carbocycles. The van der Waals surface area contributed by atoms with Gasteiger partial charge in [0.05, 0.1) is 0 Å². The predicted octanol–water partition coefficient (Wildman–Crippen LogP) is 3.13. The Morgan fingerprint density at radius 1 is 1.37 bits per heavy atom. The highest BCUT2D eigenvalue weighted by Crippen LogP contribution is 2.28. The van der Waals surface area contributed by atoms with E-state index in [2.05, 4.69) is 0 Å². The van der Waals surface area contributed by atoms with Gasteiger partial charge in [-0.1, -0.05) is 18.9 Å². The molecule has 2 rings (SSSR count). The highest BCUT2D eigenvalue weighted by molar-refractivity contribution is 7.89. The first-order valence-electron chi connectivity index (χ1n) is 6.29. The van der Waals surface area contributed by atoms with Crippen LogP contribution in [0.1, 0.15) is 31.2 Å². The van der Waals surface area contributed by atoms with Crippen LogP contribution in [0.5, 0.6) is 0 Å². The smallest absolute Gasteiger partial charge is 0.207 e. The zero-order chi connectivity index (χ0) is 14.0. The van der Waals surface area contributed by atoms with Gasteiger partial charge in [-0.2, -0.15) is 4.31 Å². The molecule has 0 atom stereocenters. The van der Waals surface area contributed by atoms with E-state index in [1.807, 2.05) is 0 Å². The fourth-order valence-electron chi connectivity index (χ4n) is 2.46. The topological polar surface area (TPSA) is 37.4 Å². The van der Waals surface area contributed by atoms with E-state index < -0.39 is 15.8 Å². The predicted molar refractivity (Wildman–Crippen MR) is 73.2 cm³/mol. The minimum absolute atomic E-state index is 0.0166. The summed E-state index contributed by atoms with van der Waals surface area (Å²) in [6.45, 7) is 0. The van der Waals surface area contributed by atoms with E-state index in [1.54, 1.807) is 6.07 Å². The molecule has 1 aliphatic rings. The van der Waals surface area contributed by atoms with Crippen molar-refractivity contribution in [3.05, 3.63) is 29.6 Å². The Morgan fingerprint density at radius 2 is 2.00 bits per heavy atom. The van der Waals surface area contributed by atoms with Crippen molar-refractivity contribution in [1.29, 1.82) is 0 Å². The molecule has 0 N–H and O–H groups in total. The van der Waals surface area contributed by atoms with Crippen molar-refractivity contribution in [3.8, 4) is 0 Å². The maximum atomic E-state index is 13.9. The second kappa shape index (κ2) is 5.77. The third kappa shape index (κ3) is 2.93. The Balaban J connectivity index is 2.33. The van der Waals surface area contributed by atoms with Crippen LogP contribution in [0.4, 0.5) is 4.39 Å². The first-order valence-corrected chi connectivity index (χ1v) is 8.26. The standard InChI is InChI=1S/C13H17ClFNO2S/c1-16(11-4-2-3-5-11)19(17,18)13-7-6-10(9-14)8-12(13)15/h6-8,11H,2-5,9H2,1H3. The fourth-order valence-corrected chi connectivity index (χ4v) is 4.08. The van der Waals surface area contributed by atoms with Crippen molar-refractivity contribution in [1.82, 2.24) is 4.31 Å². The lowest BCUT2D eigenvalue weighted by Gasteiger charge is -2.23. The number of alkyl halides is 1. The first kappa shape index (κ1) is 14.8. The van der Waals surface area contributed by atoms with Crippen LogP contribution < -0.4 is 0 Å². The normalized spacial score (nSPS) is 17.3. The summed E-state index contributed by atoms with van der Waals surface area (Å²) in [5.41, 5.74) is 0.571. The number of halogens is 2. The summed E-state index contributed by atoms with van der Waals surface area (Å²) in [6.07, 6.45) is 3.74. The van der Waals surface area contributed by atoms with Crippen LogP contribution in [0, 0.1) is 5.82 Å². The van der Waals surface area contributed by atoms with Crippen LogP contribution >= 0.6 is 11.6 Å². The Labute approximate surface area is 118 Å². The van der Waals surface area contributed by atoms with E-state index >= 15 is 0 Å². The molecule has 0 radical (unpaired) electrons. The minimum Gasteiger partial charge on any atom is -0.207 e. The molecule has 0 heterocycles. The number of benzene rings is 1. The van der Waals surface area contributed by atoms with Crippen molar-refractivity contribution >= 4 is 21.6 Å². The zero-order valence-electron chi connectivity index (χ0n) is 10.8. The quantitative estimate of drug-likeness (QED) is 0.802. The molecular formula is C13H17ClFNO2S. The lowest BCUT2D eigenvalue weighted by Crippen LogP contribution is -2.35. The van der Waals surface area contributed by atoms with Crippen molar-refractivity contribution in [2.24, 2.45) is 0 Å². The molecule has 106 valence electrons. The molecule has 1 aromatic carbocycles. The van der Waals surface area contributed by atoms with E-state index in [1.165, 1.54) is 23.5 Å². The van der Waals surface area contributed by atoms with Crippen LogP contribution in [0.15, 0.2) is 23.1 Å². The average Bonchev–Trinajstić information content (AvgIpc) is 2.90. The van der Waals surface area contributed by atoms with Gasteiger partial charge in [-0.15, -0.1) is 11.6 Å². The van der Waals surface area contributed by atoms with Gasteiger partial charge in [0, 0.05) is 19.0 Å². The lowest BCUT2D eigenvalue weighted by atomic mass is 10.2. The highest BCUT2D eigenvalue weighted by Gasteiger charge is 2.31. The molecule has 0 aliphatic heterocycles. The summed E-state index contributed by atoms with van der Waals surface area (Å²) in [5, 5.41) is 0.